The predicted octanol–water partition coefficient (Wildman–Crippen LogP) is 2.61. The summed E-state index contributed by atoms with van der Waals surface area (Å²) in [5.74, 6) is 0. The first-order valence-corrected chi connectivity index (χ1v) is 4.20. The average molecular weight is 160 g/mol. The van der Waals surface area contributed by atoms with Crippen molar-refractivity contribution in [3.63, 3.8) is 0 Å². The van der Waals surface area contributed by atoms with Gasteiger partial charge in [-0.05, 0) is 6.07 Å². The van der Waals surface area contributed by atoms with Crippen LogP contribution in [-0.4, -0.2) is 4.98 Å². The molecule has 2 heteroatoms. The van der Waals surface area contributed by atoms with Gasteiger partial charge in [0.2, 0.25) is 0 Å². The van der Waals surface area contributed by atoms with Crippen LogP contribution in [0.5, 0.6) is 0 Å². The van der Waals surface area contributed by atoms with E-state index in [-0.39, 0.29) is 0 Å². The molecule has 0 amide bonds. The number of rotatable bonds is 1. The van der Waals surface area contributed by atoms with Crippen LogP contribution in [0.1, 0.15) is 0 Å². The van der Waals surface area contributed by atoms with E-state index in [1.165, 1.54) is 4.88 Å². The zero-order valence-corrected chi connectivity index (χ0v) is 6.64. The minimum absolute atomic E-state index is 1.12. The number of hydrogen-bond acceptors (Lipinski definition) is 2. The molecule has 0 spiro atoms. The molecule has 1 heterocycles. The van der Waals surface area contributed by atoms with Crippen molar-refractivity contribution in [2.45, 2.75) is 0 Å². The summed E-state index contributed by atoms with van der Waals surface area (Å²) in [5, 5.41) is 0. The van der Waals surface area contributed by atoms with Crippen molar-refractivity contribution in [3.8, 4) is 10.4 Å². The quantitative estimate of drug-likeness (QED) is 0.625. The van der Waals surface area contributed by atoms with Crippen LogP contribution >= 0.6 is 11.3 Å². The van der Waals surface area contributed by atoms with E-state index in [0.29, 0.717) is 0 Å². The van der Waals surface area contributed by atoms with E-state index < -0.39 is 0 Å². The molecule has 1 nitrogen and oxygen atoms in total. The number of nitrogens with zero attached hydrogens (tertiary/aromatic N) is 1. The zero-order chi connectivity index (χ0) is 7.52. The highest BCUT2D eigenvalue weighted by Crippen LogP contribution is 2.21. The van der Waals surface area contributed by atoms with Crippen molar-refractivity contribution in [2.24, 2.45) is 0 Å². The van der Waals surface area contributed by atoms with E-state index in [1.807, 2.05) is 36.0 Å². The molecular weight excluding hydrogens is 154 g/mol. The monoisotopic (exact) mass is 160 g/mol. The Kier molecular flexibility index (Phi) is 1.69. The Morgan fingerprint density at radius 1 is 1.36 bits per heavy atom. The minimum Gasteiger partial charge on any atom is -0.252 e. The first kappa shape index (κ1) is 6.55. The topological polar surface area (TPSA) is 12.9 Å². The summed E-state index contributed by atoms with van der Waals surface area (Å²) in [6, 6.07) is 11.1. The van der Waals surface area contributed by atoms with Gasteiger partial charge in [-0.15, -0.1) is 11.3 Å². The van der Waals surface area contributed by atoms with Crippen LogP contribution in [0.2, 0.25) is 0 Å². The number of thiazole rings is 1. The van der Waals surface area contributed by atoms with Crippen molar-refractivity contribution in [1.29, 1.82) is 0 Å². The maximum atomic E-state index is 4.00. The fourth-order valence-electron chi connectivity index (χ4n) is 0.895. The van der Waals surface area contributed by atoms with Crippen LogP contribution in [0.25, 0.3) is 10.4 Å². The van der Waals surface area contributed by atoms with Gasteiger partial charge in [0, 0.05) is 11.8 Å². The molecule has 0 N–H and O–H groups in total. The third-order valence-electron chi connectivity index (χ3n) is 1.41. The largest absolute Gasteiger partial charge is 0.252 e. The lowest BCUT2D eigenvalue weighted by molar-refractivity contribution is 1.42. The molecule has 1 aromatic heterocycles. The highest BCUT2D eigenvalue weighted by Gasteiger charge is 1.95. The zero-order valence-electron chi connectivity index (χ0n) is 5.82. The maximum Gasteiger partial charge on any atom is 0.0797 e. The molecule has 0 unspecified atom stereocenters. The fraction of sp³-hybridized carbons (Fsp3) is 0. The van der Waals surface area contributed by atoms with E-state index in [9.17, 15) is 0 Å². The van der Waals surface area contributed by atoms with Gasteiger partial charge in [-0.2, -0.15) is 0 Å². The number of benzene rings is 1. The van der Waals surface area contributed by atoms with Gasteiger partial charge in [0.15, 0.2) is 0 Å². The van der Waals surface area contributed by atoms with Crippen LogP contribution in [0.4, 0.5) is 0 Å². The maximum absolute atomic E-state index is 4.00. The summed E-state index contributed by atoms with van der Waals surface area (Å²) >= 11 is 1.63. The molecule has 2 rings (SSSR count). The molecule has 11 heavy (non-hydrogen) atoms. The van der Waals surface area contributed by atoms with E-state index in [4.69, 9.17) is 0 Å². The highest BCUT2D eigenvalue weighted by atomic mass is 32.1. The Balaban J connectivity index is 2.46. The minimum atomic E-state index is 1.12. The molecule has 0 saturated heterocycles. The Labute approximate surface area is 69.3 Å². The normalized spacial score (nSPS) is 9.82. The van der Waals surface area contributed by atoms with E-state index in [1.54, 1.807) is 11.3 Å². The number of aromatic nitrogens is 1. The molecule has 2 aromatic rings. The molecule has 0 aliphatic carbocycles. The first-order valence-electron chi connectivity index (χ1n) is 3.32. The van der Waals surface area contributed by atoms with Gasteiger partial charge in [0.25, 0.3) is 0 Å². The van der Waals surface area contributed by atoms with Crippen LogP contribution in [0.3, 0.4) is 0 Å². The molecule has 0 fully saturated rings. The summed E-state index contributed by atoms with van der Waals surface area (Å²) in [6.07, 6.45) is 1.86. The summed E-state index contributed by atoms with van der Waals surface area (Å²) < 4.78 is 0. The molecule has 0 atom stereocenters. The van der Waals surface area contributed by atoms with Crippen LogP contribution < -0.4 is 0 Å². The van der Waals surface area contributed by atoms with Gasteiger partial charge >= 0.3 is 0 Å². The summed E-state index contributed by atoms with van der Waals surface area (Å²) in [5.41, 5.74) is 2.95. The molecule has 0 saturated carbocycles. The second-order valence-electron chi connectivity index (χ2n) is 2.14. The van der Waals surface area contributed by atoms with Crippen LogP contribution in [-0.2, 0) is 0 Å². The van der Waals surface area contributed by atoms with Crippen molar-refractivity contribution >= 4 is 11.3 Å². The van der Waals surface area contributed by atoms with E-state index >= 15 is 0 Å². The molecule has 0 aliphatic rings. The Morgan fingerprint density at radius 2 is 2.36 bits per heavy atom. The Hall–Kier alpha value is -1.15. The van der Waals surface area contributed by atoms with Gasteiger partial charge in [0.05, 0.1) is 10.4 Å². The van der Waals surface area contributed by atoms with Gasteiger partial charge < -0.3 is 0 Å². The second kappa shape index (κ2) is 2.84. The first-order chi connectivity index (χ1) is 5.47. The van der Waals surface area contributed by atoms with Crippen molar-refractivity contribution in [1.82, 2.24) is 4.98 Å². The third-order valence-corrected chi connectivity index (χ3v) is 2.21. The SMILES string of the molecule is [c]1ccccc1-c1cncs1. The molecule has 1 aromatic carbocycles. The molecule has 1 radical (unpaired) electrons. The molecule has 0 aliphatic heterocycles. The summed E-state index contributed by atoms with van der Waals surface area (Å²) in [4.78, 5) is 5.17. The Bertz CT molecular complexity index is 313. The average Bonchev–Trinajstić information content (AvgIpc) is 2.58. The van der Waals surface area contributed by atoms with Gasteiger partial charge in [-0.25, -0.2) is 0 Å². The van der Waals surface area contributed by atoms with E-state index in [0.717, 1.165) is 5.56 Å². The third kappa shape index (κ3) is 1.30. The lowest BCUT2D eigenvalue weighted by atomic mass is 10.2. The van der Waals surface area contributed by atoms with Gasteiger partial charge in [-0.1, -0.05) is 24.3 Å². The highest BCUT2D eigenvalue weighted by molar-refractivity contribution is 7.13. The standard InChI is InChI=1S/C9H6NS/c1-2-4-8(5-3-1)9-6-10-7-11-9/h1-4,6-7H. The number of hydrogen-bond donors (Lipinski definition) is 0. The van der Waals surface area contributed by atoms with Crippen molar-refractivity contribution < 1.29 is 0 Å². The van der Waals surface area contributed by atoms with Gasteiger partial charge in [-0.3, -0.25) is 4.98 Å². The van der Waals surface area contributed by atoms with Crippen molar-refractivity contribution in [2.75, 3.05) is 0 Å². The molecule has 0 bridgehead atoms. The van der Waals surface area contributed by atoms with E-state index in [2.05, 4.69) is 11.1 Å². The smallest absolute Gasteiger partial charge is 0.0797 e. The molecular formula is C9H6NS. The lowest BCUT2D eigenvalue weighted by Crippen LogP contribution is -1.68. The lowest BCUT2D eigenvalue weighted by Gasteiger charge is -1.91. The van der Waals surface area contributed by atoms with Gasteiger partial charge in [0.1, 0.15) is 0 Å². The second-order valence-corrected chi connectivity index (χ2v) is 3.03. The summed E-state index contributed by atoms with van der Waals surface area (Å²) in [7, 11) is 0. The molecule has 53 valence electrons. The summed E-state index contributed by atoms with van der Waals surface area (Å²) in [6.45, 7) is 0. The van der Waals surface area contributed by atoms with Crippen LogP contribution in [0.15, 0.2) is 36.0 Å². The predicted molar refractivity (Wildman–Crippen MR) is 46.4 cm³/mol. The van der Waals surface area contributed by atoms with Crippen LogP contribution in [0, 0.1) is 6.07 Å². The van der Waals surface area contributed by atoms with Crippen molar-refractivity contribution in [3.05, 3.63) is 42.0 Å². The fourth-order valence-corrected chi connectivity index (χ4v) is 1.51. The Morgan fingerprint density at radius 3 is 3.00 bits per heavy atom.